The van der Waals surface area contributed by atoms with E-state index in [-0.39, 0.29) is 0 Å². The molecule has 1 saturated heterocycles. The summed E-state index contributed by atoms with van der Waals surface area (Å²) in [5, 5.41) is 2.89. The number of ether oxygens (including phenoxy) is 1. The van der Waals surface area contributed by atoms with Gasteiger partial charge in [0.05, 0.1) is 12.0 Å². The Morgan fingerprint density at radius 3 is 2.21 bits per heavy atom. The van der Waals surface area contributed by atoms with Crippen molar-refractivity contribution in [1.82, 2.24) is 10.2 Å². The van der Waals surface area contributed by atoms with Crippen LogP contribution in [0.1, 0.15) is 34.1 Å². The molecule has 0 aromatic heterocycles. The first-order valence-corrected chi connectivity index (χ1v) is 6.56. The van der Waals surface area contributed by atoms with E-state index < -0.39 is 29.6 Å². The highest BCUT2D eigenvalue weighted by molar-refractivity contribution is 5.67. The van der Waals surface area contributed by atoms with E-state index in [2.05, 4.69) is 5.32 Å². The van der Waals surface area contributed by atoms with Gasteiger partial charge in [0, 0.05) is 20.1 Å². The van der Waals surface area contributed by atoms with Crippen molar-refractivity contribution in [2.45, 2.75) is 45.6 Å². The molecule has 19 heavy (non-hydrogen) atoms. The van der Waals surface area contributed by atoms with Crippen molar-refractivity contribution in [1.29, 1.82) is 0 Å². The van der Waals surface area contributed by atoms with Crippen molar-refractivity contribution in [2.75, 3.05) is 26.7 Å². The van der Waals surface area contributed by atoms with E-state index in [0.29, 0.717) is 19.5 Å². The molecule has 0 aliphatic carbocycles. The SMILES string of the molecule is CCC1(C(F)(F)CN(C)C(=O)OC(C)(C)C)CNC1. The van der Waals surface area contributed by atoms with Crippen molar-refractivity contribution in [3.63, 3.8) is 0 Å². The maximum absolute atomic E-state index is 14.3. The second kappa shape index (κ2) is 5.23. The number of hydrogen-bond acceptors (Lipinski definition) is 3. The molecule has 0 unspecified atom stereocenters. The topological polar surface area (TPSA) is 41.6 Å². The van der Waals surface area contributed by atoms with Gasteiger partial charge in [-0.05, 0) is 27.2 Å². The number of nitrogens with one attached hydrogen (secondary N) is 1. The Kier molecular flexibility index (Phi) is 4.44. The van der Waals surface area contributed by atoms with Crippen LogP contribution in [0.25, 0.3) is 0 Å². The van der Waals surface area contributed by atoms with Gasteiger partial charge in [-0.1, -0.05) is 6.92 Å². The maximum atomic E-state index is 14.3. The first-order chi connectivity index (χ1) is 8.53. The van der Waals surface area contributed by atoms with E-state index in [9.17, 15) is 13.6 Å². The number of amides is 1. The third-order valence-corrected chi connectivity index (χ3v) is 3.52. The average Bonchev–Trinajstić information content (AvgIpc) is 2.12. The van der Waals surface area contributed by atoms with Crippen LogP contribution in [0.4, 0.5) is 13.6 Å². The first kappa shape index (κ1) is 16.1. The van der Waals surface area contributed by atoms with Crippen LogP contribution >= 0.6 is 0 Å². The average molecular weight is 278 g/mol. The van der Waals surface area contributed by atoms with Crippen LogP contribution in [0.3, 0.4) is 0 Å². The van der Waals surface area contributed by atoms with Gasteiger partial charge in [-0.25, -0.2) is 13.6 Å². The number of hydrogen-bond donors (Lipinski definition) is 1. The maximum Gasteiger partial charge on any atom is 0.410 e. The van der Waals surface area contributed by atoms with Crippen molar-refractivity contribution < 1.29 is 18.3 Å². The van der Waals surface area contributed by atoms with Crippen molar-refractivity contribution in [3.8, 4) is 0 Å². The van der Waals surface area contributed by atoms with Gasteiger partial charge in [-0.2, -0.15) is 0 Å². The fourth-order valence-corrected chi connectivity index (χ4v) is 2.06. The number of halogens is 2. The second-order valence-corrected chi connectivity index (χ2v) is 6.28. The van der Waals surface area contributed by atoms with Crippen LogP contribution < -0.4 is 5.32 Å². The van der Waals surface area contributed by atoms with Gasteiger partial charge in [0.1, 0.15) is 5.60 Å². The Balaban J connectivity index is 2.65. The van der Waals surface area contributed by atoms with Crippen LogP contribution in [0.5, 0.6) is 0 Å². The van der Waals surface area contributed by atoms with Gasteiger partial charge in [0.2, 0.25) is 0 Å². The third-order valence-electron chi connectivity index (χ3n) is 3.52. The molecule has 0 bridgehead atoms. The highest BCUT2D eigenvalue weighted by Crippen LogP contribution is 2.43. The van der Waals surface area contributed by atoms with Crippen LogP contribution in [-0.2, 0) is 4.74 Å². The largest absolute Gasteiger partial charge is 0.444 e. The summed E-state index contributed by atoms with van der Waals surface area (Å²) < 4.78 is 33.6. The van der Waals surface area contributed by atoms with E-state index >= 15 is 0 Å². The molecule has 0 aromatic rings. The Labute approximate surface area is 113 Å². The zero-order valence-corrected chi connectivity index (χ0v) is 12.3. The van der Waals surface area contributed by atoms with Gasteiger partial charge in [-0.3, -0.25) is 0 Å². The van der Waals surface area contributed by atoms with Gasteiger partial charge in [0.15, 0.2) is 0 Å². The monoisotopic (exact) mass is 278 g/mol. The Morgan fingerprint density at radius 2 is 1.89 bits per heavy atom. The molecular weight excluding hydrogens is 254 g/mol. The van der Waals surface area contributed by atoms with Crippen molar-refractivity contribution >= 4 is 6.09 Å². The molecule has 0 saturated carbocycles. The molecule has 1 aliphatic heterocycles. The Morgan fingerprint density at radius 1 is 1.37 bits per heavy atom. The molecule has 112 valence electrons. The lowest BCUT2D eigenvalue weighted by Gasteiger charge is -2.48. The smallest absolute Gasteiger partial charge is 0.410 e. The molecule has 1 rings (SSSR count). The Bertz CT molecular complexity index is 331. The first-order valence-electron chi connectivity index (χ1n) is 6.56. The number of carbonyl (C=O) groups excluding carboxylic acids is 1. The highest BCUT2D eigenvalue weighted by atomic mass is 19.3. The van der Waals surface area contributed by atoms with E-state index in [0.717, 1.165) is 4.90 Å². The van der Waals surface area contributed by atoms with Crippen LogP contribution in [0.2, 0.25) is 0 Å². The summed E-state index contributed by atoms with van der Waals surface area (Å²) in [6.07, 6.45) is -0.333. The summed E-state index contributed by atoms with van der Waals surface area (Å²) in [7, 11) is 1.34. The minimum absolute atomic E-state index is 0.290. The van der Waals surface area contributed by atoms with E-state index in [1.54, 1.807) is 27.7 Å². The molecule has 0 atom stereocenters. The second-order valence-electron chi connectivity index (χ2n) is 6.28. The quantitative estimate of drug-likeness (QED) is 0.859. The summed E-state index contributed by atoms with van der Waals surface area (Å²) in [6, 6.07) is 0. The molecule has 0 spiro atoms. The zero-order valence-electron chi connectivity index (χ0n) is 12.3. The normalized spacial score (nSPS) is 18.7. The molecule has 4 nitrogen and oxygen atoms in total. The summed E-state index contributed by atoms with van der Waals surface area (Å²) in [6.45, 7) is 6.85. The lowest BCUT2D eigenvalue weighted by atomic mass is 9.73. The van der Waals surface area contributed by atoms with Crippen LogP contribution in [-0.4, -0.2) is 49.2 Å². The highest BCUT2D eigenvalue weighted by Gasteiger charge is 2.56. The van der Waals surface area contributed by atoms with Crippen molar-refractivity contribution in [3.05, 3.63) is 0 Å². The van der Waals surface area contributed by atoms with Gasteiger partial charge >= 0.3 is 6.09 Å². The predicted octanol–water partition coefficient (Wildman–Crippen LogP) is 2.49. The number of rotatable bonds is 4. The molecule has 1 aliphatic rings. The van der Waals surface area contributed by atoms with E-state index in [4.69, 9.17) is 4.74 Å². The fourth-order valence-electron chi connectivity index (χ4n) is 2.06. The minimum Gasteiger partial charge on any atom is -0.444 e. The van der Waals surface area contributed by atoms with Gasteiger partial charge in [0.25, 0.3) is 5.92 Å². The van der Waals surface area contributed by atoms with Crippen molar-refractivity contribution in [2.24, 2.45) is 5.41 Å². The predicted molar refractivity (Wildman–Crippen MR) is 69.4 cm³/mol. The number of alkyl halides is 2. The summed E-state index contributed by atoms with van der Waals surface area (Å²) in [5.74, 6) is -2.92. The fraction of sp³-hybridized carbons (Fsp3) is 0.923. The minimum atomic E-state index is -2.92. The summed E-state index contributed by atoms with van der Waals surface area (Å²) in [4.78, 5) is 12.7. The molecule has 0 radical (unpaired) electrons. The third kappa shape index (κ3) is 3.55. The van der Waals surface area contributed by atoms with E-state index in [1.165, 1.54) is 7.05 Å². The molecule has 6 heteroatoms. The zero-order chi connectivity index (χ0) is 14.9. The van der Waals surface area contributed by atoms with E-state index in [1.807, 2.05) is 0 Å². The lowest BCUT2D eigenvalue weighted by molar-refractivity contribution is -0.158. The number of nitrogens with zero attached hydrogens (tertiary/aromatic N) is 1. The lowest BCUT2D eigenvalue weighted by Crippen LogP contribution is -2.65. The Hall–Kier alpha value is -0.910. The molecule has 1 amide bonds. The van der Waals surface area contributed by atoms with Crippen LogP contribution in [0.15, 0.2) is 0 Å². The summed E-state index contributed by atoms with van der Waals surface area (Å²) >= 11 is 0. The molecular formula is C13H24F2N2O2. The molecule has 1 fully saturated rings. The molecule has 1 N–H and O–H groups in total. The molecule has 1 heterocycles. The van der Waals surface area contributed by atoms with Gasteiger partial charge < -0.3 is 15.0 Å². The summed E-state index contributed by atoms with van der Waals surface area (Å²) in [5.41, 5.74) is -1.72. The van der Waals surface area contributed by atoms with Crippen LogP contribution in [0, 0.1) is 5.41 Å². The van der Waals surface area contributed by atoms with Gasteiger partial charge in [-0.15, -0.1) is 0 Å². The standard InChI is InChI=1S/C13H24F2N2O2/c1-6-12(7-16-8-12)13(14,15)9-17(5)10(18)19-11(2,3)4/h16H,6-9H2,1-5H3. The molecule has 0 aromatic carbocycles. The number of carbonyl (C=O) groups is 1.